The molecule has 5 nitrogen and oxygen atoms in total. The molecule has 0 aromatic carbocycles. The number of anilines is 1. The van der Waals surface area contributed by atoms with Crippen molar-refractivity contribution in [3.05, 3.63) is 30.7 Å². The SMILES string of the molecule is CNc1ncnc2c1nc1ccccn12. The number of fused-ring (bicyclic) bond motifs is 3. The summed E-state index contributed by atoms with van der Waals surface area (Å²) in [5.74, 6) is 0.753. The molecule has 0 saturated heterocycles. The molecule has 3 heterocycles. The van der Waals surface area contributed by atoms with Gasteiger partial charge in [-0.25, -0.2) is 15.0 Å². The second-order valence-corrected chi connectivity index (χ2v) is 3.19. The van der Waals surface area contributed by atoms with Gasteiger partial charge in [0.15, 0.2) is 17.0 Å². The van der Waals surface area contributed by atoms with Gasteiger partial charge in [0.2, 0.25) is 0 Å². The number of nitrogens with zero attached hydrogens (tertiary/aromatic N) is 4. The molecular weight excluding hydrogens is 190 g/mol. The smallest absolute Gasteiger partial charge is 0.170 e. The predicted octanol–water partition coefficient (Wildman–Crippen LogP) is 1.32. The van der Waals surface area contributed by atoms with E-state index in [0.29, 0.717) is 0 Å². The summed E-state index contributed by atoms with van der Waals surface area (Å²) in [5, 5.41) is 3.00. The van der Waals surface area contributed by atoms with Crippen LogP contribution in [0, 0.1) is 0 Å². The van der Waals surface area contributed by atoms with E-state index in [1.807, 2.05) is 35.8 Å². The molecular formula is C10H9N5. The molecule has 0 bridgehead atoms. The minimum absolute atomic E-state index is 0.753. The van der Waals surface area contributed by atoms with Crippen LogP contribution in [0.1, 0.15) is 0 Å². The lowest BCUT2D eigenvalue weighted by atomic mass is 10.5. The first-order chi connectivity index (χ1) is 7.40. The minimum atomic E-state index is 0.753. The minimum Gasteiger partial charge on any atom is -0.371 e. The molecule has 0 unspecified atom stereocenters. The van der Waals surface area contributed by atoms with Crippen LogP contribution >= 0.6 is 0 Å². The molecule has 74 valence electrons. The first-order valence-corrected chi connectivity index (χ1v) is 4.65. The van der Waals surface area contributed by atoms with Crippen LogP contribution in [0.5, 0.6) is 0 Å². The Morgan fingerprint density at radius 1 is 1.27 bits per heavy atom. The zero-order chi connectivity index (χ0) is 10.3. The first-order valence-electron chi connectivity index (χ1n) is 4.65. The highest BCUT2D eigenvalue weighted by Crippen LogP contribution is 2.18. The molecule has 3 aromatic rings. The van der Waals surface area contributed by atoms with Gasteiger partial charge in [0.25, 0.3) is 0 Å². The van der Waals surface area contributed by atoms with Crippen LogP contribution < -0.4 is 5.32 Å². The van der Waals surface area contributed by atoms with Crippen LogP contribution in [0.4, 0.5) is 5.82 Å². The average molecular weight is 199 g/mol. The van der Waals surface area contributed by atoms with E-state index in [2.05, 4.69) is 20.3 Å². The molecule has 0 amide bonds. The van der Waals surface area contributed by atoms with Crippen molar-refractivity contribution >= 4 is 22.6 Å². The summed E-state index contributed by atoms with van der Waals surface area (Å²) in [4.78, 5) is 12.8. The number of aromatic nitrogens is 4. The summed E-state index contributed by atoms with van der Waals surface area (Å²) in [6, 6.07) is 5.85. The zero-order valence-electron chi connectivity index (χ0n) is 8.18. The zero-order valence-corrected chi connectivity index (χ0v) is 8.18. The fourth-order valence-electron chi connectivity index (χ4n) is 1.65. The molecule has 0 aliphatic heterocycles. The summed E-state index contributed by atoms with van der Waals surface area (Å²) < 4.78 is 1.94. The van der Waals surface area contributed by atoms with Gasteiger partial charge in [0.1, 0.15) is 12.0 Å². The number of imidazole rings is 1. The Bertz CT molecular complexity index is 628. The van der Waals surface area contributed by atoms with E-state index in [1.54, 1.807) is 0 Å². The van der Waals surface area contributed by atoms with Gasteiger partial charge in [0.05, 0.1) is 0 Å². The van der Waals surface area contributed by atoms with Gasteiger partial charge in [-0.3, -0.25) is 4.40 Å². The Morgan fingerprint density at radius 3 is 3.07 bits per heavy atom. The van der Waals surface area contributed by atoms with Gasteiger partial charge < -0.3 is 5.32 Å². The van der Waals surface area contributed by atoms with E-state index in [1.165, 1.54) is 6.33 Å². The Labute approximate surface area is 85.8 Å². The second kappa shape index (κ2) is 2.91. The molecule has 3 aromatic heterocycles. The number of hydrogen-bond acceptors (Lipinski definition) is 4. The third-order valence-electron chi connectivity index (χ3n) is 2.33. The number of pyridine rings is 1. The van der Waals surface area contributed by atoms with Crippen LogP contribution in [0.15, 0.2) is 30.7 Å². The molecule has 5 heteroatoms. The molecule has 0 saturated carbocycles. The highest BCUT2D eigenvalue weighted by Gasteiger charge is 2.08. The lowest BCUT2D eigenvalue weighted by molar-refractivity contribution is 1.14. The summed E-state index contributed by atoms with van der Waals surface area (Å²) in [6.45, 7) is 0. The van der Waals surface area contributed by atoms with E-state index < -0.39 is 0 Å². The molecule has 0 spiro atoms. The first kappa shape index (κ1) is 8.16. The highest BCUT2D eigenvalue weighted by atomic mass is 15.1. The third-order valence-corrected chi connectivity index (χ3v) is 2.33. The topological polar surface area (TPSA) is 55.1 Å². The van der Waals surface area contributed by atoms with Crippen LogP contribution in [-0.4, -0.2) is 26.4 Å². The van der Waals surface area contributed by atoms with Gasteiger partial charge in [0, 0.05) is 13.2 Å². The molecule has 0 atom stereocenters. The fourth-order valence-corrected chi connectivity index (χ4v) is 1.65. The van der Waals surface area contributed by atoms with E-state index in [9.17, 15) is 0 Å². The van der Waals surface area contributed by atoms with Crippen molar-refractivity contribution in [1.82, 2.24) is 19.4 Å². The molecule has 0 fully saturated rings. The van der Waals surface area contributed by atoms with Crippen molar-refractivity contribution in [2.45, 2.75) is 0 Å². The number of hydrogen-bond donors (Lipinski definition) is 1. The summed E-state index contributed by atoms with van der Waals surface area (Å²) >= 11 is 0. The Morgan fingerprint density at radius 2 is 2.20 bits per heavy atom. The Kier molecular flexibility index (Phi) is 1.58. The van der Waals surface area contributed by atoms with Crippen molar-refractivity contribution < 1.29 is 0 Å². The van der Waals surface area contributed by atoms with Gasteiger partial charge in [-0.15, -0.1) is 0 Å². The maximum Gasteiger partial charge on any atom is 0.170 e. The molecule has 0 radical (unpaired) electrons. The standard InChI is InChI=1S/C10H9N5/c1-11-9-8-10(13-6-12-9)15-5-3-2-4-7(15)14-8/h2-6H,1H3,(H,11,12,13). The lowest BCUT2D eigenvalue weighted by Crippen LogP contribution is -1.94. The van der Waals surface area contributed by atoms with Crippen molar-refractivity contribution in [2.24, 2.45) is 0 Å². The Balaban J connectivity index is 2.53. The van der Waals surface area contributed by atoms with Crippen LogP contribution in [0.2, 0.25) is 0 Å². The van der Waals surface area contributed by atoms with Gasteiger partial charge in [-0.05, 0) is 12.1 Å². The van der Waals surface area contributed by atoms with E-state index >= 15 is 0 Å². The fraction of sp³-hybridized carbons (Fsp3) is 0.100. The molecule has 3 rings (SSSR count). The second-order valence-electron chi connectivity index (χ2n) is 3.19. The lowest BCUT2D eigenvalue weighted by Gasteiger charge is -1.97. The monoisotopic (exact) mass is 199 g/mol. The van der Waals surface area contributed by atoms with E-state index in [4.69, 9.17) is 0 Å². The van der Waals surface area contributed by atoms with Crippen molar-refractivity contribution in [3.8, 4) is 0 Å². The predicted molar refractivity (Wildman–Crippen MR) is 57.8 cm³/mol. The van der Waals surface area contributed by atoms with Gasteiger partial charge >= 0.3 is 0 Å². The number of rotatable bonds is 1. The van der Waals surface area contributed by atoms with E-state index in [-0.39, 0.29) is 0 Å². The summed E-state index contributed by atoms with van der Waals surface area (Å²) in [6.07, 6.45) is 3.48. The van der Waals surface area contributed by atoms with Crippen molar-refractivity contribution in [1.29, 1.82) is 0 Å². The van der Waals surface area contributed by atoms with Crippen LogP contribution in [0.25, 0.3) is 16.8 Å². The van der Waals surface area contributed by atoms with E-state index in [0.717, 1.165) is 22.6 Å². The number of nitrogens with one attached hydrogen (secondary N) is 1. The summed E-state index contributed by atoms with van der Waals surface area (Å²) in [5.41, 5.74) is 2.50. The maximum atomic E-state index is 4.46. The third kappa shape index (κ3) is 1.06. The Hall–Kier alpha value is -2.17. The van der Waals surface area contributed by atoms with Gasteiger partial charge in [-0.1, -0.05) is 6.07 Å². The van der Waals surface area contributed by atoms with Crippen LogP contribution in [0.3, 0.4) is 0 Å². The molecule has 15 heavy (non-hydrogen) atoms. The summed E-state index contributed by atoms with van der Waals surface area (Å²) in [7, 11) is 1.83. The maximum absolute atomic E-state index is 4.46. The van der Waals surface area contributed by atoms with Crippen LogP contribution in [-0.2, 0) is 0 Å². The van der Waals surface area contributed by atoms with Gasteiger partial charge in [-0.2, -0.15) is 0 Å². The molecule has 0 aliphatic rings. The molecule has 1 N–H and O–H groups in total. The van der Waals surface area contributed by atoms with Crippen molar-refractivity contribution in [3.63, 3.8) is 0 Å². The highest BCUT2D eigenvalue weighted by molar-refractivity contribution is 5.86. The molecule has 0 aliphatic carbocycles. The normalized spacial score (nSPS) is 11.0. The van der Waals surface area contributed by atoms with Crippen molar-refractivity contribution in [2.75, 3.05) is 12.4 Å². The largest absolute Gasteiger partial charge is 0.371 e. The average Bonchev–Trinajstić information content (AvgIpc) is 2.67. The quantitative estimate of drug-likeness (QED) is 0.642.